The zero-order chi connectivity index (χ0) is 11.5. The molecule has 0 spiro atoms. The molecule has 2 rings (SSSR count). The predicted octanol–water partition coefficient (Wildman–Crippen LogP) is 2.81. The Morgan fingerprint density at radius 2 is 2.19 bits per heavy atom. The molecule has 0 fully saturated rings. The summed E-state index contributed by atoms with van der Waals surface area (Å²) in [6.07, 6.45) is 1.93. The number of methoxy groups -OCH3 is 1. The lowest BCUT2D eigenvalue weighted by molar-refractivity contribution is 0.185. The van der Waals surface area contributed by atoms with Crippen LogP contribution < -0.4 is 0 Å². The molecule has 1 aromatic heterocycles. The van der Waals surface area contributed by atoms with E-state index in [0.29, 0.717) is 12.5 Å². The third kappa shape index (κ3) is 1.95. The van der Waals surface area contributed by atoms with Crippen molar-refractivity contribution in [3.8, 4) is 0 Å². The molecule has 0 saturated carbocycles. The average molecular weight is 218 g/mol. The fraction of sp³-hybridized carbons (Fsp3) is 0.462. The quantitative estimate of drug-likeness (QED) is 0.789. The van der Waals surface area contributed by atoms with Gasteiger partial charge in [-0.3, -0.25) is 4.68 Å². The van der Waals surface area contributed by atoms with Crippen molar-refractivity contribution in [1.82, 2.24) is 9.78 Å². The molecule has 2 aromatic rings. The summed E-state index contributed by atoms with van der Waals surface area (Å²) in [5.74, 6) is 0.515. The zero-order valence-corrected chi connectivity index (χ0v) is 10.1. The largest absolute Gasteiger partial charge is 0.383 e. The Balaban J connectivity index is 2.50. The fourth-order valence-electron chi connectivity index (χ4n) is 1.99. The van der Waals surface area contributed by atoms with Gasteiger partial charge in [0.25, 0.3) is 0 Å². The van der Waals surface area contributed by atoms with Crippen LogP contribution in [0.5, 0.6) is 0 Å². The Morgan fingerprint density at radius 3 is 2.88 bits per heavy atom. The Hall–Kier alpha value is -1.35. The number of rotatable bonds is 4. The van der Waals surface area contributed by atoms with Crippen LogP contribution in [0.3, 0.4) is 0 Å². The van der Waals surface area contributed by atoms with Crippen LogP contribution in [-0.2, 0) is 11.3 Å². The van der Waals surface area contributed by atoms with E-state index in [-0.39, 0.29) is 0 Å². The molecule has 0 radical (unpaired) electrons. The number of ether oxygens (including phenoxy) is 1. The van der Waals surface area contributed by atoms with Crippen LogP contribution in [0.4, 0.5) is 0 Å². The highest BCUT2D eigenvalue weighted by Gasteiger charge is 2.09. The second-order valence-electron chi connectivity index (χ2n) is 4.30. The normalized spacial score (nSPS) is 11.5. The van der Waals surface area contributed by atoms with Gasteiger partial charge in [-0.15, -0.1) is 0 Å². The summed E-state index contributed by atoms with van der Waals surface area (Å²) >= 11 is 0. The maximum Gasteiger partial charge on any atom is 0.0717 e. The number of hydrogen-bond donors (Lipinski definition) is 0. The van der Waals surface area contributed by atoms with Crippen LogP contribution in [0, 0.1) is 0 Å². The molecule has 0 atom stereocenters. The molecule has 0 aliphatic rings. The molecule has 16 heavy (non-hydrogen) atoms. The van der Waals surface area contributed by atoms with E-state index in [9.17, 15) is 0 Å². The monoisotopic (exact) mass is 218 g/mol. The first-order chi connectivity index (χ1) is 7.74. The fourth-order valence-corrected chi connectivity index (χ4v) is 1.99. The summed E-state index contributed by atoms with van der Waals surface area (Å²) in [5, 5.41) is 5.62. The third-order valence-corrected chi connectivity index (χ3v) is 2.82. The Bertz CT molecular complexity index is 474. The highest BCUT2D eigenvalue weighted by Crippen LogP contribution is 2.24. The van der Waals surface area contributed by atoms with Crippen molar-refractivity contribution in [2.24, 2.45) is 0 Å². The Morgan fingerprint density at radius 1 is 1.38 bits per heavy atom. The predicted molar refractivity (Wildman–Crippen MR) is 65.7 cm³/mol. The lowest BCUT2D eigenvalue weighted by Gasteiger charge is -2.10. The first-order valence-corrected chi connectivity index (χ1v) is 5.67. The van der Waals surface area contributed by atoms with Gasteiger partial charge in [0, 0.05) is 12.5 Å². The summed E-state index contributed by atoms with van der Waals surface area (Å²) in [6, 6.07) is 6.38. The maximum atomic E-state index is 5.10. The van der Waals surface area contributed by atoms with Gasteiger partial charge in [-0.2, -0.15) is 5.10 Å². The van der Waals surface area contributed by atoms with E-state index >= 15 is 0 Å². The summed E-state index contributed by atoms with van der Waals surface area (Å²) in [6.45, 7) is 5.93. The van der Waals surface area contributed by atoms with E-state index in [1.54, 1.807) is 7.11 Å². The maximum absolute atomic E-state index is 5.10. The Kier molecular flexibility index (Phi) is 3.25. The van der Waals surface area contributed by atoms with Crippen LogP contribution >= 0.6 is 0 Å². The molecule has 0 aliphatic carbocycles. The molecule has 0 aliphatic heterocycles. The molecule has 1 heterocycles. The Labute approximate surface area is 96.0 Å². The first-order valence-electron chi connectivity index (χ1n) is 5.67. The van der Waals surface area contributed by atoms with Crippen molar-refractivity contribution >= 4 is 10.9 Å². The van der Waals surface area contributed by atoms with Crippen molar-refractivity contribution in [2.45, 2.75) is 26.3 Å². The minimum atomic E-state index is 0.515. The first kappa shape index (κ1) is 11.1. The molecule has 3 nitrogen and oxygen atoms in total. The number of fused-ring (bicyclic) bond motifs is 1. The summed E-state index contributed by atoms with van der Waals surface area (Å²) in [5.41, 5.74) is 2.60. The van der Waals surface area contributed by atoms with Crippen molar-refractivity contribution in [1.29, 1.82) is 0 Å². The van der Waals surface area contributed by atoms with Gasteiger partial charge in [-0.25, -0.2) is 0 Å². The van der Waals surface area contributed by atoms with Crippen molar-refractivity contribution in [3.05, 3.63) is 30.0 Å². The minimum Gasteiger partial charge on any atom is -0.383 e. The van der Waals surface area contributed by atoms with Gasteiger partial charge in [-0.05, 0) is 11.5 Å². The van der Waals surface area contributed by atoms with Gasteiger partial charge in [0.15, 0.2) is 0 Å². The topological polar surface area (TPSA) is 27.1 Å². The van der Waals surface area contributed by atoms with Crippen LogP contribution in [0.2, 0.25) is 0 Å². The third-order valence-electron chi connectivity index (χ3n) is 2.82. The van der Waals surface area contributed by atoms with E-state index in [0.717, 1.165) is 6.54 Å². The highest BCUT2D eigenvalue weighted by molar-refractivity contribution is 5.82. The highest BCUT2D eigenvalue weighted by atomic mass is 16.5. The molecule has 0 saturated heterocycles. The zero-order valence-electron chi connectivity index (χ0n) is 10.1. The lowest BCUT2D eigenvalue weighted by Crippen LogP contribution is -2.07. The number of aromatic nitrogens is 2. The van der Waals surface area contributed by atoms with Crippen LogP contribution in [0.1, 0.15) is 25.3 Å². The molecule has 1 aromatic carbocycles. The van der Waals surface area contributed by atoms with Crippen molar-refractivity contribution < 1.29 is 4.74 Å². The van der Waals surface area contributed by atoms with Gasteiger partial charge in [0.2, 0.25) is 0 Å². The average Bonchev–Trinajstić information content (AvgIpc) is 2.69. The van der Waals surface area contributed by atoms with Gasteiger partial charge >= 0.3 is 0 Å². The van der Waals surface area contributed by atoms with Gasteiger partial charge in [0.1, 0.15) is 0 Å². The number of para-hydroxylation sites is 1. The SMILES string of the molecule is COCCn1ncc2cccc(C(C)C)c21. The summed E-state index contributed by atoms with van der Waals surface area (Å²) in [4.78, 5) is 0. The second-order valence-corrected chi connectivity index (χ2v) is 4.30. The van der Waals surface area contributed by atoms with E-state index in [1.165, 1.54) is 16.5 Å². The number of hydrogen-bond acceptors (Lipinski definition) is 2. The van der Waals surface area contributed by atoms with Crippen molar-refractivity contribution in [2.75, 3.05) is 13.7 Å². The minimum absolute atomic E-state index is 0.515. The standard InChI is InChI=1S/C13H18N2O/c1-10(2)12-6-4-5-11-9-14-15(13(11)12)7-8-16-3/h4-6,9-10H,7-8H2,1-3H3. The van der Waals surface area contributed by atoms with Crippen LogP contribution in [0.25, 0.3) is 10.9 Å². The second kappa shape index (κ2) is 4.66. The molecule has 86 valence electrons. The van der Waals surface area contributed by atoms with Gasteiger partial charge in [0.05, 0.1) is 24.9 Å². The van der Waals surface area contributed by atoms with E-state index in [4.69, 9.17) is 4.74 Å². The molecular weight excluding hydrogens is 200 g/mol. The van der Waals surface area contributed by atoms with Crippen LogP contribution in [-0.4, -0.2) is 23.5 Å². The molecule has 0 unspecified atom stereocenters. The van der Waals surface area contributed by atoms with Crippen molar-refractivity contribution in [3.63, 3.8) is 0 Å². The molecular formula is C13H18N2O. The van der Waals surface area contributed by atoms with Gasteiger partial charge in [-0.1, -0.05) is 32.0 Å². The molecule has 0 amide bonds. The summed E-state index contributed by atoms with van der Waals surface area (Å²) in [7, 11) is 1.72. The lowest BCUT2D eigenvalue weighted by atomic mass is 10.0. The van der Waals surface area contributed by atoms with Crippen LogP contribution in [0.15, 0.2) is 24.4 Å². The van der Waals surface area contributed by atoms with E-state index in [2.05, 4.69) is 37.1 Å². The van der Waals surface area contributed by atoms with Gasteiger partial charge < -0.3 is 4.74 Å². The number of nitrogens with zero attached hydrogens (tertiary/aromatic N) is 2. The van der Waals surface area contributed by atoms with E-state index in [1.807, 2.05) is 10.9 Å². The van der Waals surface area contributed by atoms with E-state index < -0.39 is 0 Å². The molecule has 0 bridgehead atoms. The molecule has 3 heteroatoms. The molecule has 0 N–H and O–H groups in total. The smallest absolute Gasteiger partial charge is 0.0717 e. The number of benzene rings is 1. The summed E-state index contributed by atoms with van der Waals surface area (Å²) < 4.78 is 7.14.